The molecule has 0 unspecified atom stereocenters. The lowest BCUT2D eigenvalue weighted by molar-refractivity contribution is 0.358. The highest BCUT2D eigenvalue weighted by Gasteiger charge is 2.10. The Hall–Kier alpha value is -0.830. The van der Waals surface area contributed by atoms with E-state index in [-0.39, 0.29) is 0 Å². The molecule has 1 aliphatic heterocycles. The molecule has 0 aromatic carbocycles. The van der Waals surface area contributed by atoms with Gasteiger partial charge in [-0.2, -0.15) is 0 Å². The molecule has 1 rings (SSSR count). The summed E-state index contributed by atoms with van der Waals surface area (Å²) < 4.78 is 0. The van der Waals surface area contributed by atoms with Crippen molar-refractivity contribution in [1.29, 1.82) is 0 Å². The summed E-state index contributed by atoms with van der Waals surface area (Å²) in [7, 11) is 1.80. The molecule has 1 saturated heterocycles. The van der Waals surface area contributed by atoms with Gasteiger partial charge >= 0.3 is 0 Å². The van der Waals surface area contributed by atoms with E-state index in [1.165, 1.54) is 0 Å². The Morgan fingerprint density at radius 1 is 1.38 bits per heavy atom. The summed E-state index contributed by atoms with van der Waals surface area (Å²) in [4.78, 5) is 6.37. The molecule has 0 atom stereocenters. The van der Waals surface area contributed by atoms with Crippen molar-refractivity contribution in [3.8, 4) is 0 Å². The van der Waals surface area contributed by atoms with Crippen LogP contribution in [0.3, 0.4) is 0 Å². The zero-order valence-electron chi connectivity index (χ0n) is 9.01. The van der Waals surface area contributed by atoms with E-state index in [1.807, 2.05) is 19.9 Å². The van der Waals surface area contributed by atoms with E-state index < -0.39 is 0 Å². The van der Waals surface area contributed by atoms with Crippen molar-refractivity contribution < 1.29 is 0 Å². The Bertz CT molecular complexity index is 158. The van der Waals surface area contributed by atoms with Gasteiger partial charge in [0.1, 0.15) is 5.84 Å². The number of aliphatic imine (C=N–C) groups is 1. The van der Waals surface area contributed by atoms with Crippen molar-refractivity contribution in [3.63, 3.8) is 0 Å². The Labute approximate surface area is 81.5 Å². The largest absolute Gasteiger partial charge is 0.354 e. The molecule has 1 N–H and O–H groups in total. The zero-order chi connectivity index (χ0) is 10.1. The van der Waals surface area contributed by atoms with E-state index >= 15 is 0 Å². The van der Waals surface area contributed by atoms with Crippen LogP contribution < -0.4 is 5.32 Å². The quantitative estimate of drug-likeness (QED) is 0.487. The summed E-state index contributed by atoms with van der Waals surface area (Å²) >= 11 is 0. The van der Waals surface area contributed by atoms with Crippen LogP contribution in [0.15, 0.2) is 17.6 Å². The van der Waals surface area contributed by atoms with Gasteiger partial charge < -0.3 is 10.2 Å². The van der Waals surface area contributed by atoms with Crippen LogP contribution in [0.1, 0.15) is 13.8 Å². The number of hydrogen-bond donors (Lipinski definition) is 1. The maximum Gasteiger partial charge on any atom is 0.122 e. The van der Waals surface area contributed by atoms with Gasteiger partial charge in [0.05, 0.1) is 0 Å². The number of hydrogen-bond acceptors (Lipinski definition) is 2. The lowest BCUT2D eigenvalue weighted by atomic mass is 10.3. The molecule has 0 aromatic heterocycles. The highest BCUT2D eigenvalue weighted by atomic mass is 15.2. The molecule has 0 bridgehead atoms. The minimum atomic E-state index is 1.01. The first kappa shape index (κ1) is 12.2. The van der Waals surface area contributed by atoms with Crippen molar-refractivity contribution in [3.05, 3.63) is 12.7 Å². The maximum absolute atomic E-state index is 4.13. The first-order valence-electron chi connectivity index (χ1n) is 4.93. The molecule has 13 heavy (non-hydrogen) atoms. The van der Waals surface area contributed by atoms with Crippen molar-refractivity contribution in [2.24, 2.45) is 4.99 Å². The van der Waals surface area contributed by atoms with E-state index in [0.717, 1.165) is 32.0 Å². The molecule has 1 aliphatic rings. The second-order valence-electron chi connectivity index (χ2n) is 2.52. The molecule has 0 aliphatic carbocycles. The predicted octanol–water partition coefficient (Wildman–Crippen LogP) is 1.13. The van der Waals surface area contributed by atoms with Gasteiger partial charge in [-0.1, -0.05) is 20.4 Å². The number of rotatable bonds is 1. The Morgan fingerprint density at radius 3 is 2.31 bits per heavy atom. The van der Waals surface area contributed by atoms with Gasteiger partial charge in [-0.3, -0.25) is 4.99 Å². The molecule has 1 fully saturated rings. The van der Waals surface area contributed by atoms with Gasteiger partial charge in [0.15, 0.2) is 0 Å². The molecule has 0 spiro atoms. The monoisotopic (exact) mass is 183 g/mol. The number of nitrogens with zero attached hydrogens (tertiary/aromatic N) is 2. The van der Waals surface area contributed by atoms with Gasteiger partial charge in [-0.25, -0.2) is 0 Å². The SMILES string of the molecule is C=CC(=NC)N1CCNCC1.CC. The third-order valence-corrected chi connectivity index (χ3v) is 1.85. The van der Waals surface area contributed by atoms with Gasteiger partial charge in [-0.15, -0.1) is 0 Å². The lowest BCUT2D eigenvalue weighted by Crippen LogP contribution is -2.45. The van der Waals surface area contributed by atoms with E-state index in [0.29, 0.717) is 0 Å². The van der Waals surface area contributed by atoms with Crippen LogP contribution in [0.5, 0.6) is 0 Å². The molecule has 3 nitrogen and oxygen atoms in total. The van der Waals surface area contributed by atoms with Gasteiger partial charge in [0.2, 0.25) is 0 Å². The van der Waals surface area contributed by atoms with Crippen molar-refractivity contribution in [1.82, 2.24) is 10.2 Å². The van der Waals surface area contributed by atoms with Crippen molar-refractivity contribution in [2.75, 3.05) is 33.2 Å². The fraction of sp³-hybridized carbons (Fsp3) is 0.700. The average molecular weight is 183 g/mol. The smallest absolute Gasteiger partial charge is 0.122 e. The molecule has 3 heteroatoms. The maximum atomic E-state index is 4.13. The predicted molar refractivity (Wildman–Crippen MR) is 59.3 cm³/mol. The normalized spacial score (nSPS) is 17.5. The Morgan fingerprint density at radius 2 is 1.92 bits per heavy atom. The standard InChI is InChI=1S/C8H15N3.C2H6/c1-3-8(9-2)11-6-4-10-5-7-11;1-2/h3,10H,1,4-7H2,2H3;1-2H3. The van der Waals surface area contributed by atoms with Gasteiger partial charge in [-0.05, 0) is 6.08 Å². The molecule has 0 amide bonds. The summed E-state index contributed by atoms with van der Waals surface area (Å²) in [6.45, 7) is 11.9. The van der Waals surface area contributed by atoms with Crippen LogP contribution in [-0.2, 0) is 0 Å². The van der Waals surface area contributed by atoms with Gasteiger partial charge in [0, 0.05) is 33.2 Å². The minimum absolute atomic E-state index is 1.01. The first-order valence-corrected chi connectivity index (χ1v) is 4.93. The third kappa shape index (κ3) is 4.08. The van der Waals surface area contributed by atoms with Crippen LogP contribution in [0, 0.1) is 0 Å². The fourth-order valence-corrected chi connectivity index (χ4v) is 1.26. The third-order valence-electron chi connectivity index (χ3n) is 1.85. The average Bonchev–Trinajstić information content (AvgIpc) is 2.24. The highest BCUT2D eigenvalue weighted by Crippen LogP contribution is 1.95. The number of piperazine rings is 1. The number of nitrogens with one attached hydrogen (secondary N) is 1. The van der Waals surface area contributed by atoms with Crippen LogP contribution in [0.4, 0.5) is 0 Å². The van der Waals surface area contributed by atoms with Crippen LogP contribution in [0.2, 0.25) is 0 Å². The number of amidine groups is 1. The molecule has 0 radical (unpaired) electrons. The van der Waals surface area contributed by atoms with E-state index in [9.17, 15) is 0 Å². The fourth-order valence-electron chi connectivity index (χ4n) is 1.26. The molecular formula is C10H21N3. The first-order chi connectivity index (χ1) is 6.38. The van der Waals surface area contributed by atoms with Crippen molar-refractivity contribution in [2.45, 2.75) is 13.8 Å². The molecule has 0 aromatic rings. The summed E-state index contributed by atoms with van der Waals surface area (Å²) in [5, 5.41) is 3.29. The molecule has 1 heterocycles. The molecule has 76 valence electrons. The van der Waals surface area contributed by atoms with Crippen LogP contribution >= 0.6 is 0 Å². The second kappa shape index (κ2) is 7.80. The topological polar surface area (TPSA) is 27.6 Å². The van der Waals surface area contributed by atoms with Crippen LogP contribution in [0.25, 0.3) is 0 Å². The lowest BCUT2D eigenvalue weighted by Gasteiger charge is -2.28. The molecular weight excluding hydrogens is 162 g/mol. The Balaban J connectivity index is 0.000000671. The Kier molecular flexibility index (Phi) is 7.30. The summed E-state index contributed by atoms with van der Waals surface area (Å²) in [6.07, 6.45) is 1.81. The van der Waals surface area contributed by atoms with E-state index in [4.69, 9.17) is 0 Å². The second-order valence-corrected chi connectivity index (χ2v) is 2.52. The zero-order valence-corrected chi connectivity index (χ0v) is 9.01. The summed E-state index contributed by atoms with van der Waals surface area (Å²) in [5.74, 6) is 1.01. The van der Waals surface area contributed by atoms with Gasteiger partial charge in [0.25, 0.3) is 0 Å². The van der Waals surface area contributed by atoms with E-state index in [2.05, 4.69) is 21.8 Å². The minimum Gasteiger partial charge on any atom is -0.354 e. The summed E-state index contributed by atoms with van der Waals surface area (Å²) in [6, 6.07) is 0. The summed E-state index contributed by atoms with van der Waals surface area (Å²) in [5.41, 5.74) is 0. The van der Waals surface area contributed by atoms with Crippen LogP contribution in [-0.4, -0.2) is 44.0 Å². The highest BCUT2D eigenvalue weighted by molar-refractivity contribution is 5.92. The van der Waals surface area contributed by atoms with E-state index in [1.54, 1.807) is 7.05 Å². The molecule has 0 saturated carbocycles. The van der Waals surface area contributed by atoms with Crippen molar-refractivity contribution >= 4 is 5.84 Å².